The summed E-state index contributed by atoms with van der Waals surface area (Å²) in [5.74, 6) is 2.53. The third kappa shape index (κ3) is 7.19. The molecule has 158 valence electrons. The lowest BCUT2D eigenvalue weighted by Crippen LogP contribution is -2.38. The van der Waals surface area contributed by atoms with Gasteiger partial charge in [-0.25, -0.2) is 4.99 Å². The summed E-state index contributed by atoms with van der Waals surface area (Å²) in [7, 11) is 4.79. The molecule has 2 aromatic rings. The highest BCUT2D eigenvalue weighted by atomic mass is 16.5. The van der Waals surface area contributed by atoms with Gasteiger partial charge in [-0.15, -0.1) is 0 Å². The minimum absolute atomic E-state index is 0.469. The number of aliphatic imine (C=N–C) groups is 1. The molecule has 0 unspecified atom stereocenters. The Morgan fingerprint density at radius 3 is 2.17 bits per heavy atom. The van der Waals surface area contributed by atoms with Gasteiger partial charge in [-0.05, 0) is 30.2 Å². The van der Waals surface area contributed by atoms with Gasteiger partial charge in [-0.2, -0.15) is 0 Å². The number of guanidine groups is 1. The molecule has 0 aliphatic rings. The maximum atomic E-state index is 5.70. The largest absolute Gasteiger partial charge is 0.493 e. The average molecular weight is 402 g/mol. The first kappa shape index (κ1) is 22.4. The number of rotatable bonds is 11. The van der Waals surface area contributed by atoms with Crippen LogP contribution < -0.4 is 24.8 Å². The second kappa shape index (κ2) is 12.5. The van der Waals surface area contributed by atoms with Crippen LogP contribution >= 0.6 is 0 Å². The molecule has 0 aliphatic carbocycles. The van der Waals surface area contributed by atoms with Crippen molar-refractivity contribution in [2.24, 2.45) is 4.99 Å². The second-order valence-electron chi connectivity index (χ2n) is 6.19. The number of benzene rings is 2. The summed E-state index contributed by atoms with van der Waals surface area (Å²) < 4.78 is 21.9. The summed E-state index contributed by atoms with van der Waals surface area (Å²) in [6, 6.07) is 13.9. The highest BCUT2D eigenvalue weighted by Crippen LogP contribution is 2.38. The maximum Gasteiger partial charge on any atom is 0.203 e. The zero-order valence-corrected chi connectivity index (χ0v) is 17.7. The Hall–Kier alpha value is -2.93. The molecule has 0 radical (unpaired) electrons. The van der Waals surface area contributed by atoms with E-state index in [0.29, 0.717) is 43.6 Å². The molecule has 7 nitrogen and oxygen atoms in total. The molecule has 2 rings (SSSR count). The summed E-state index contributed by atoms with van der Waals surface area (Å²) in [4.78, 5) is 4.63. The minimum Gasteiger partial charge on any atom is -0.493 e. The van der Waals surface area contributed by atoms with Crippen LogP contribution in [0.15, 0.2) is 47.5 Å². The van der Waals surface area contributed by atoms with Crippen molar-refractivity contribution in [3.8, 4) is 17.2 Å². The normalized spacial score (nSPS) is 11.1. The maximum absolute atomic E-state index is 5.70. The molecule has 2 aromatic carbocycles. The molecule has 0 saturated carbocycles. The quantitative estimate of drug-likeness (QED) is 0.343. The van der Waals surface area contributed by atoms with Crippen LogP contribution in [0.3, 0.4) is 0 Å². The van der Waals surface area contributed by atoms with Gasteiger partial charge in [-0.1, -0.05) is 30.3 Å². The van der Waals surface area contributed by atoms with E-state index in [4.69, 9.17) is 18.9 Å². The van der Waals surface area contributed by atoms with E-state index in [9.17, 15) is 0 Å². The summed E-state index contributed by atoms with van der Waals surface area (Å²) in [5.41, 5.74) is 2.12. The number of hydrogen-bond acceptors (Lipinski definition) is 5. The van der Waals surface area contributed by atoms with Gasteiger partial charge in [0.1, 0.15) is 0 Å². The van der Waals surface area contributed by atoms with Gasteiger partial charge >= 0.3 is 0 Å². The number of ether oxygens (including phenoxy) is 4. The van der Waals surface area contributed by atoms with Crippen LogP contribution in [0.5, 0.6) is 17.2 Å². The molecule has 0 atom stereocenters. The van der Waals surface area contributed by atoms with Gasteiger partial charge < -0.3 is 29.6 Å². The predicted octanol–water partition coefficient (Wildman–Crippen LogP) is 2.98. The van der Waals surface area contributed by atoms with Crippen molar-refractivity contribution >= 4 is 5.96 Å². The Balaban J connectivity index is 1.91. The van der Waals surface area contributed by atoms with Crippen molar-refractivity contribution in [3.05, 3.63) is 53.6 Å². The van der Waals surface area contributed by atoms with E-state index >= 15 is 0 Å². The molecule has 0 amide bonds. The molecule has 2 N–H and O–H groups in total. The van der Waals surface area contributed by atoms with E-state index in [2.05, 4.69) is 27.8 Å². The molecule has 0 aromatic heterocycles. The lowest BCUT2D eigenvalue weighted by molar-refractivity contribution is 0.125. The van der Waals surface area contributed by atoms with Gasteiger partial charge in [0, 0.05) is 13.1 Å². The highest BCUT2D eigenvalue weighted by Gasteiger charge is 2.13. The fourth-order valence-corrected chi connectivity index (χ4v) is 2.74. The van der Waals surface area contributed by atoms with Crippen molar-refractivity contribution in [2.45, 2.75) is 20.1 Å². The smallest absolute Gasteiger partial charge is 0.203 e. The SMILES string of the molecule is CCNC(=NCc1cc(OC)c(OC)c(OC)c1)NCCOCc1ccccc1. The molecule has 0 fully saturated rings. The molecule has 29 heavy (non-hydrogen) atoms. The molecule has 0 saturated heterocycles. The van der Waals surface area contributed by atoms with E-state index in [-0.39, 0.29) is 0 Å². The Morgan fingerprint density at radius 1 is 0.897 bits per heavy atom. The topological polar surface area (TPSA) is 73.3 Å². The third-order valence-electron chi connectivity index (χ3n) is 4.14. The van der Waals surface area contributed by atoms with Crippen molar-refractivity contribution in [1.82, 2.24) is 10.6 Å². The zero-order chi connectivity index (χ0) is 20.9. The Kier molecular flexibility index (Phi) is 9.65. The van der Waals surface area contributed by atoms with E-state index in [1.807, 2.05) is 37.3 Å². The molecular formula is C22H31N3O4. The van der Waals surface area contributed by atoms with E-state index < -0.39 is 0 Å². The lowest BCUT2D eigenvalue weighted by atomic mass is 10.2. The van der Waals surface area contributed by atoms with Crippen molar-refractivity contribution in [1.29, 1.82) is 0 Å². The van der Waals surface area contributed by atoms with Crippen LogP contribution in [-0.2, 0) is 17.9 Å². The number of nitrogens with one attached hydrogen (secondary N) is 2. The summed E-state index contributed by atoms with van der Waals surface area (Å²) >= 11 is 0. The first-order valence-electron chi connectivity index (χ1n) is 9.64. The van der Waals surface area contributed by atoms with Gasteiger partial charge in [0.15, 0.2) is 17.5 Å². The van der Waals surface area contributed by atoms with Crippen LogP contribution in [0, 0.1) is 0 Å². The summed E-state index contributed by atoms with van der Waals surface area (Å²) in [6.45, 7) is 5.12. The third-order valence-corrected chi connectivity index (χ3v) is 4.14. The first-order valence-corrected chi connectivity index (χ1v) is 9.64. The average Bonchev–Trinajstić information content (AvgIpc) is 2.76. The zero-order valence-electron chi connectivity index (χ0n) is 17.7. The molecule has 0 aliphatic heterocycles. The van der Waals surface area contributed by atoms with Crippen molar-refractivity contribution < 1.29 is 18.9 Å². The van der Waals surface area contributed by atoms with E-state index in [1.165, 1.54) is 0 Å². The van der Waals surface area contributed by atoms with E-state index in [1.54, 1.807) is 21.3 Å². The Bertz CT molecular complexity index is 741. The number of methoxy groups -OCH3 is 3. The fraction of sp³-hybridized carbons (Fsp3) is 0.409. The van der Waals surface area contributed by atoms with E-state index in [0.717, 1.165) is 23.6 Å². The fourth-order valence-electron chi connectivity index (χ4n) is 2.74. The monoisotopic (exact) mass is 401 g/mol. The summed E-state index contributed by atoms with van der Waals surface area (Å²) in [6.07, 6.45) is 0. The standard InChI is InChI=1S/C22H31N3O4/c1-5-23-22(24-11-12-29-16-17-9-7-6-8-10-17)25-15-18-13-19(26-2)21(28-4)20(14-18)27-3/h6-10,13-14H,5,11-12,15-16H2,1-4H3,(H2,23,24,25). The van der Waals surface area contributed by atoms with Crippen LogP contribution in [0.2, 0.25) is 0 Å². The molecule has 7 heteroatoms. The van der Waals surface area contributed by atoms with Crippen molar-refractivity contribution in [2.75, 3.05) is 41.0 Å². The van der Waals surface area contributed by atoms with Crippen molar-refractivity contribution in [3.63, 3.8) is 0 Å². The molecule has 0 heterocycles. The first-order chi connectivity index (χ1) is 14.2. The van der Waals surface area contributed by atoms with Crippen LogP contribution in [0.1, 0.15) is 18.1 Å². The van der Waals surface area contributed by atoms with Gasteiger partial charge in [0.2, 0.25) is 5.75 Å². The lowest BCUT2D eigenvalue weighted by Gasteiger charge is -2.14. The predicted molar refractivity (Wildman–Crippen MR) is 115 cm³/mol. The van der Waals surface area contributed by atoms with Crippen LogP contribution in [0.25, 0.3) is 0 Å². The van der Waals surface area contributed by atoms with Crippen LogP contribution in [-0.4, -0.2) is 47.0 Å². The molecule has 0 bridgehead atoms. The van der Waals surface area contributed by atoms with Gasteiger partial charge in [0.05, 0.1) is 41.1 Å². The highest BCUT2D eigenvalue weighted by molar-refractivity contribution is 5.79. The number of hydrogen-bond donors (Lipinski definition) is 2. The minimum atomic E-state index is 0.469. The Labute approximate surface area is 173 Å². The van der Waals surface area contributed by atoms with Crippen LogP contribution in [0.4, 0.5) is 0 Å². The number of nitrogens with zero attached hydrogens (tertiary/aromatic N) is 1. The molecule has 0 spiro atoms. The van der Waals surface area contributed by atoms with Gasteiger partial charge in [0.25, 0.3) is 0 Å². The molecular weight excluding hydrogens is 370 g/mol. The second-order valence-corrected chi connectivity index (χ2v) is 6.19. The summed E-state index contributed by atoms with van der Waals surface area (Å²) in [5, 5.41) is 6.52. The van der Waals surface area contributed by atoms with Gasteiger partial charge in [-0.3, -0.25) is 0 Å². The Morgan fingerprint density at radius 2 is 1.59 bits per heavy atom.